The molecule has 29 heavy (non-hydrogen) atoms. The number of carbonyl (C=O) groups excluding carboxylic acids is 2. The fourth-order valence-corrected chi connectivity index (χ4v) is 2.54. The van der Waals surface area contributed by atoms with E-state index in [2.05, 4.69) is 15.4 Å². The van der Waals surface area contributed by atoms with Crippen molar-refractivity contribution in [1.82, 2.24) is 14.8 Å². The predicted octanol–water partition coefficient (Wildman–Crippen LogP) is 3.39. The molecule has 1 amide bonds. The van der Waals surface area contributed by atoms with Crippen LogP contribution in [0.1, 0.15) is 21.5 Å². The predicted molar refractivity (Wildman–Crippen MR) is 96.5 cm³/mol. The van der Waals surface area contributed by atoms with E-state index >= 15 is 0 Å². The van der Waals surface area contributed by atoms with Gasteiger partial charge in [-0.25, -0.2) is 14.5 Å². The lowest BCUT2D eigenvalue weighted by Gasteiger charge is -2.14. The van der Waals surface area contributed by atoms with Gasteiger partial charge in [0.2, 0.25) is 0 Å². The molecule has 150 valence electrons. The summed E-state index contributed by atoms with van der Waals surface area (Å²) < 4.78 is 45.3. The molecule has 0 aliphatic heterocycles. The van der Waals surface area contributed by atoms with Gasteiger partial charge in [-0.05, 0) is 36.8 Å². The van der Waals surface area contributed by atoms with Crippen LogP contribution in [-0.2, 0) is 15.7 Å². The van der Waals surface area contributed by atoms with Crippen LogP contribution in [0.25, 0.3) is 5.69 Å². The highest BCUT2D eigenvalue weighted by Crippen LogP contribution is 2.33. The quantitative estimate of drug-likeness (QED) is 0.659. The first kappa shape index (κ1) is 20.1. The van der Waals surface area contributed by atoms with Gasteiger partial charge in [-0.3, -0.25) is 4.79 Å². The number of hydrogen-bond donors (Lipinski definition) is 1. The molecule has 0 bridgehead atoms. The van der Waals surface area contributed by atoms with Gasteiger partial charge in [-0.1, -0.05) is 18.2 Å². The van der Waals surface area contributed by atoms with E-state index in [0.717, 1.165) is 18.2 Å². The third-order valence-electron chi connectivity index (χ3n) is 3.96. The maximum atomic E-state index is 13.0. The lowest BCUT2D eigenvalue weighted by molar-refractivity contribution is -0.137. The summed E-state index contributed by atoms with van der Waals surface area (Å²) >= 11 is 0. The summed E-state index contributed by atoms with van der Waals surface area (Å²) in [4.78, 5) is 28.0. The second-order valence-corrected chi connectivity index (χ2v) is 6.01. The van der Waals surface area contributed by atoms with E-state index in [1.165, 1.54) is 17.3 Å². The van der Waals surface area contributed by atoms with Crippen molar-refractivity contribution in [2.45, 2.75) is 13.1 Å². The minimum atomic E-state index is -4.60. The zero-order chi connectivity index (χ0) is 21.0. The summed E-state index contributed by atoms with van der Waals surface area (Å²) in [7, 11) is 0. The van der Waals surface area contributed by atoms with Gasteiger partial charge in [0.15, 0.2) is 6.61 Å². The summed E-state index contributed by atoms with van der Waals surface area (Å²) in [5.41, 5.74) is 0.0387. The number of aromatic nitrogens is 3. The van der Waals surface area contributed by atoms with Crippen molar-refractivity contribution in [3.8, 4) is 5.69 Å². The fraction of sp³-hybridized carbons (Fsp3) is 0.158. The number of ether oxygens (including phenoxy) is 1. The number of benzene rings is 2. The second kappa shape index (κ2) is 8.13. The van der Waals surface area contributed by atoms with E-state index < -0.39 is 30.2 Å². The first-order valence-corrected chi connectivity index (χ1v) is 8.34. The average molecular weight is 404 g/mol. The third kappa shape index (κ3) is 4.78. The Bertz CT molecular complexity index is 1030. The van der Waals surface area contributed by atoms with Gasteiger partial charge in [0.1, 0.15) is 12.7 Å². The molecule has 7 nitrogen and oxygen atoms in total. The Labute approximate surface area is 163 Å². The zero-order valence-electron chi connectivity index (χ0n) is 15.1. The zero-order valence-corrected chi connectivity index (χ0v) is 15.1. The Morgan fingerprint density at radius 2 is 1.93 bits per heavy atom. The SMILES string of the molecule is Cc1ccccc1C(=O)OCC(=O)Nc1cc(C(F)(F)F)ccc1-n1cncn1. The highest BCUT2D eigenvalue weighted by molar-refractivity contribution is 5.97. The van der Waals surface area contributed by atoms with Crippen LogP contribution in [0.4, 0.5) is 18.9 Å². The largest absolute Gasteiger partial charge is 0.452 e. The molecule has 0 atom stereocenters. The van der Waals surface area contributed by atoms with E-state index in [-0.39, 0.29) is 11.4 Å². The van der Waals surface area contributed by atoms with E-state index in [0.29, 0.717) is 11.1 Å². The van der Waals surface area contributed by atoms with Crippen LogP contribution in [0.3, 0.4) is 0 Å². The smallest absolute Gasteiger partial charge is 0.416 e. The summed E-state index contributed by atoms with van der Waals surface area (Å²) in [5.74, 6) is -1.51. The Morgan fingerprint density at radius 1 is 1.17 bits per heavy atom. The van der Waals surface area contributed by atoms with Crippen LogP contribution in [0.15, 0.2) is 55.1 Å². The third-order valence-corrected chi connectivity index (χ3v) is 3.96. The molecule has 1 N–H and O–H groups in total. The topological polar surface area (TPSA) is 86.1 Å². The van der Waals surface area contributed by atoms with Crippen LogP contribution < -0.4 is 5.32 Å². The molecule has 0 unspecified atom stereocenters. The van der Waals surface area contributed by atoms with Crippen molar-refractivity contribution in [3.05, 3.63) is 71.8 Å². The Balaban J connectivity index is 1.76. The number of aryl methyl sites for hydroxylation is 1. The van der Waals surface area contributed by atoms with Crippen LogP contribution in [-0.4, -0.2) is 33.2 Å². The number of carbonyl (C=O) groups is 2. The van der Waals surface area contributed by atoms with Gasteiger partial charge in [-0.2, -0.15) is 18.3 Å². The van der Waals surface area contributed by atoms with Gasteiger partial charge >= 0.3 is 12.1 Å². The molecule has 0 aliphatic carbocycles. The molecule has 0 saturated carbocycles. The number of hydrogen-bond acceptors (Lipinski definition) is 5. The maximum Gasteiger partial charge on any atom is 0.416 e. The lowest BCUT2D eigenvalue weighted by atomic mass is 10.1. The number of amides is 1. The van der Waals surface area contributed by atoms with E-state index in [1.54, 1.807) is 31.2 Å². The molecule has 10 heteroatoms. The number of anilines is 1. The van der Waals surface area contributed by atoms with Gasteiger partial charge in [-0.15, -0.1) is 0 Å². The number of nitrogens with one attached hydrogen (secondary N) is 1. The second-order valence-electron chi connectivity index (χ2n) is 6.01. The number of esters is 1. The number of nitrogens with zero attached hydrogens (tertiary/aromatic N) is 3. The summed E-state index contributed by atoms with van der Waals surface area (Å²) in [6, 6.07) is 9.46. The van der Waals surface area contributed by atoms with Crippen molar-refractivity contribution >= 4 is 17.6 Å². The standard InChI is InChI=1S/C19H15F3N4O3/c1-12-4-2-3-5-14(12)18(28)29-9-17(27)25-15-8-13(19(20,21)22)6-7-16(15)26-11-23-10-24-26/h2-8,10-11H,9H2,1H3,(H,25,27). The fourth-order valence-electron chi connectivity index (χ4n) is 2.54. The van der Waals surface area contributed by atoms with Crippen LogP contribution in [0.2, 0.25) is 0 Å². The van der Waals surface area contributed by atoms with Gasteiger partial charge in [0.25, 0.3) is 5.91 Å². The van der Waals surface area contributed by atoms with E-state index in [4.69, 9.17) is 4.74 Å². The first-order valence-electron chi connectivity index (χ1n) is 8.34. The van der Waals surface area contributed by atoms with Crippen molar-refractivity contribution in [3.63, 3.8) is 0 Å². The molecule has 0 radical (unpaired) electrons. The highest BCUT2D eigenvalue weighted by Gasteiger charge is 2.31. The minimum Gasteiger partial charge on any atom is -0.452 e. The van der Waals surface area contributed by atoms with Crippen LogP contribution in [0, 0.1) is 6.92 Å². The van der Waals surface area contributed by atoms with E-state index in [9.17, 15) is 22.8 Å². The molecule has 0 fully saturated rings. The first-order chi connectivity index (χ1) is 13.8. The molecular weight excluding hydrogens is 389 g/mol. The Hall–Kier alpha value is -3.69. The van der Waals surface area contributed by atoms with Crippen molar-refractivity contribution in [2.24, 2.45) is 0 Å². The van der Waals surface area contributed by atoms with Crippen LogP contribution >= 0.6 is 0 Å². The Morgan fingerprint density at radius 3 is 2.59 bits per heavy atom. The lowest BCUT2D eigenvalue weighted by Crippen LogP contribution is -2.22. The maximum absolute atomic E-state index is 13.0. The molecule has 2 aromatic carbocycles. The monoisotopic (exact) mass is 404 g/mol. The molecule has 1 aromatic heterocycles. The summed E-state index contributed by atoms with van der Waals surface area (Å²) in [6.45, 7) is 1.05. The molecule has 3 aromatic rings. The number of alkyl halides is 3. The molecule has 1 heterocycles. The summed E-state index contributed by atoms with van der Waals surface area (Å²) in [5, 5.41) is 6.19. The van der Waals surface area contributed by atoms with Gasteiger partial charge in [0, 0.05) is 0 Å². The molecule has 0 saturated heterocycles. The average Bonchev–Trinajstić information content (AvgIpc) is 3.20. The highest BCUT2D eigenvalue weighted by atomic mass is 19.4. The molecule has 3 rings (SSSR count). The van der Waals surface area contributed by atoms with Gasteiger partial charge in [0.05, 0.1) is 22.5 Å². The summed E-state index contributed by atoms with van der Waals surface area (Å²) in [6.07, 6.45) is -2.12. The molecule has 0 aliphatic rings. The van der Waals surface area contributed by atoms with Crippen molar-refractivity contribution < 1.29 is 27.5 Å². The van der Waals surface area contributed by atoms with E-state index in [1.807, 2.05) is 0 Å². The minimum absolute atomic E-state index is 0.151. The van der Waals surface area contributed by atoms with Crippen molar-refractivity contribution in [1.29, 1.82) is 0 Å². The number of rotatable bonds is 5. The van der Waals surface area contributed by atoms with Gasteiger partial charge < -0.3 is 10.1 Å². The number of halogens is 3. The molecular formula is C19H15F3N4O3. The Kier molecular flexibility index (Phi) is 5.62. The normalized spacial score (nSPS) is 11.2. The molecule has 0 spiro atoms. The van der Waals surface area contributed by atoms with Crippen LogP contribution in [0.5, 0.6) is 0 Å². The van der Waals surface area contributed by atoms with Crippen molar-refractivity contribution in [2.75, 3.05) is 11.9 Å².